The van der Waals surface area contributed by atoms with Crippen molar-refractivity contribution in [3.63, 3.8) is 0 Å². The molecular weight excluding hydrogens is 371 g/mol. The molecule has 5 heterocycles. The number of halogens is 1. The van der Waals surface area contributed by atoms with Crippen molar-refractivity contribution in [3.8, 4) is 0 Å². The van der Waals surface area contributed by atoms with E-state index >= 15 is 0 Å². The van der Waals surface area contributed by atoms with Gasteiger partial charge in [-0.25, -0.2) is 9.37 Å². The summed E-state index contributed by atoms with van der Waals surface area (Å²) in [6.07, 6.45) is 6.96. The Morgan fingerprint density at radius 2 is 2.17 bits per heavy atom. The molecule has 8 heteroatoms. The summed E-state index contributed by atoms with van der Waals surface area (Å²) in [5.41, 5.74) is 3.58. The number of fused-ring (bicyclic) bond motifs is 2. The first-order chi connectivity index (χ1) is 14.0. The topological polar surface area (TPSA) is 78.3 Å². The number of carbonyl (C=O) groups is 1. The van der Waals surface area contributed by atoms with Crippen LogP contribution in [0.2, 0.25) is 0 Å². The van der Waals surface area contributed by atoms with Gasteiger partial charge in [-0.3, -0.25) is 14.7 Å². The van der Waals surface area contributed by atoms with Crippen LogP contribution >= 0.6 is 0 Å². The smallest absolute Gasteiger partial charge is 0.258 e. The first-order valence-corrected chi connectivity index (χ1v) is 9.63. The maximum Gasteiger partial charge on any atom is 0.258 e. The SMILES string of the molecule is Cc1ncc2c(F)c(C(=O)Nc3cnc4cc([C@H]5CCCN5C)[nH]c4c3)ccn12. The highest BCUT2D eigenvalue weighted by Crippen LogP contribution is 2.31. The van der Waals surface area contributed by atoms with Gasteiger partial charge in [-0.05, 0) is 51.6 Å². The molecule has 1 fully saturated rings. The van der Waals surface area contributed by atoms with Gasteiger partial charge in [-0.15, -0.1) is 0 Å². The number of hydrogen-bond donors (Lipinski definition) is 2. The average Bonchev–Trinajstić information content (AvgIpc) is 3.40. The molecule has 4 aromatic rings. The van der Waals surface area contributed by atoms with E-state index in [2.05, 4.69) is 38.3 Å². The summed E-state index contributed by atoms with van der Waals surface area (Å²) in [7, 11) is 2.12. The molecule has 0 aromatic carbocycles. The molecule has 0 radical (unpaired) electrons. The van der Waals surface area contributed by atoms with Gasteiger partial charge >= 0.3 is 0 Å². The van der Waals surface area contributed by atoms with Crippen molar-refractivity contribution >= 4 is 28.1 Å². The Labute approximate surface area is 166 Å². The van der Waals surface area contributed by atoms with E-state index < -0.39 is 11.7 Å². The second kappa shape index (κ2) is 6.66. The van der Waals surface area contributed by atoms with E-state index in [0.29, 0.717) is 17.6 Å². The molecule has 4 aromatic heterocycles. The van der Waals surface area contributed by atoms with Crippen molar-refractivity contribution < 1.29 is 9.18 Å². The number of likely N-dealkylation sites (tertiary alicyclic amines) is 1. The van der Waals surface area contributed by atoms with Crippen LogP contribution in [0.5, 0.6) is 0 Å². The van der Waals surface area contributed by atoms with E-state index in [1.807, 2.05) is 6.07 Å². The van der Waals surface area contributed by atoms with Crippen molar-refractivity contribution in [2.45, 2.75) is 25.8 Å². The van der Waals surface area contributed by atoms with E-state index in [1.54, 1.807) is 23.7 Å². The molecule has 1 aliphatic heterocycles. The minimum absolute atomic E-state index is 0.0303. The zero-order valence-electron chi connectivity index (χ0n) is 16.2. The molecule has 148 valence electrons. The molecule has 1 saturated heterocycles. The van der Waals surface area contributed by atoms with E-state index in [9.17, 15) is 9.18 Å². The van der Waals surface area contributed by atoms with Crippen LogP contribution < -0.4 is 5.32 Å². The number of aryl methyl sites for hydroxylation is 1. The van der Waals surface area contributed by atoms with Gasteiger partial charge in [0, 0.05) is 17.9 Å². The van der Waals surface area contributed by atoms with Gasteiger partial charge in [0.2, 0.25) is 0 Å². The van der Waals surface area contributed by atoms with Crippen LogP contribution in [-0.2, 0) is 0 Å². The monoisotopic (exact) mass is 392 g/mol. The normalized spacial score (nSPS) is 17.4. The molecule has 0 unspecified atom stereocenters. The minimum atomic E-state index is -0.592. The molecule has 0 bridgehead atoms. The van der Waals surface area contributed by atoms with Crippen molar-refractivity contribution in [2.75, 3.05) is 18.9 Å². The van der Waals surface area contributed by atoms with Crippen LogP contribution in [0.1, 0.15) is 40.8 Å². The summed E-state index contributed by atoms with van der Waals surface area (Å²) in [5, 5.41) is 2.75. The number of nitrogens with zero attached hydrogens (tertiary/aromatic N) is 4. The van der Waals surface area contributed by atoms with Crippen LogP contribution in [0.3, 0.4) is 0 Å². The fourth-order valence-electron chi connectivity index (χ4n) is 4.12. The number of aromatic amines is 1. The number of carbonyl (C=O) groups excluding carboxylic acids is 1. The molecule has 1 amide bonds. The highest BCUT2D eigenvalue weighted by molar-refractivity contribution is 6.05. The summed E-state index contributed by atoms with van der Waals surface area (Å²) >= 11 is 0. The number of anilines is 1. The van der Waals surface area contributed by atoms with Gasteiger partial charge in [0.1, 0.15) is 11.3 Å². The number of aromatic nitrogens is 4. The molecule has 7 nitrogen and oxygen atoms in total. The summed E-state index contributed by atoms with van der Waals surface area (Å²) < 4.78 is 16.4. The van der Waals surface area contributed by atoms with E-state index in [-0.39, 0.29) is 11.1 Å². The van der Waals surface area contributed by atoms with Gasteiger partial charge < -0.3 is 14.7 Å². The molecular formula is C21H21FN6O. The summed E-state index contributed by atoms with van der Waals surface area (Å²) in [4.78, 5) is 26.9. The lowest BCUT2D eigenvalue weighted by Gasteiger charge is -2.17. The molecule has 29 heavy (non-hydrogen) atoms. The third-order valence-corrected chi connectivity index (χ3v) is 5.71. The number of amides is 1. The van der Waals surface area contributed by atoms with E-state index in [0.717, 1.165) is 29.7 Å². The number of hydrogen-bond acceptors (Lipinski definition) is 4. The lowest BCUT2D eigenvalue weighted by atomic mass is 10.1. The lowest BCUT2D eigenvalue weighted by Crippen LogP contribution is -2.17. The molecule has 5 rings (SSSR count). The Kier molecular flexibility index (Phi) is 4.09. The largest absolute Gasteiger partial charge is 0.356 e. The standard InChI is InChI=1S/C21H21FN6O/c1-12-23-11-19-20(22)14(5-7-28(12)19)21(29)25-13-8-16-15(24-10-13)9-17(26-16)18-4-3-6-27(18)2/h5,7-11,18,26H,3-4,6H2,1-2H3,(H,25,29)/t18-/m1/s1. The third kappa shape index (κ3) is 2.96. The summed E-state index contributed by atoms with van der Waals surface area (Å²) in [6, 6.07) is 5.71. The molecule has 1 aliphatic rings. The maximum atomic E-state index is 14.8. The Morgan fingerprint density at radius 3 is 2.97 bits per heavy atom. The number of rotatable bonds is 3. The first-order valence-electron chi connectivity index (χ1n) is 9.63. The van der Waals surface area contributed by atoms with E-state index in [1.165, 1.54) is 18.7 Å². The van der Waals surface area contributed by atoms with Crippen LogP contribution in [-0.4, -0.2) is 43.8 Å². The average molecular weight is 392 g/mol. The van der Waals surface area contributed by atoms with Gasteiger partial charge in [0.25, 0.3) is 5.91 Å². The highest BCUT2D eigenvalue weighted by atomic mass is 19.1. The first kappa shape index (κ1) is 17.8. The Balaban J connectivity index is 1.42. The quantitative estimate of drug-likeness (QED) is 0.558. The fraction of sp³-hybridized carbons (Fsp3) is 0.286. The second-order valence-corrected chi connectivity index (χ2v) is 7.58. The fourth-order valence-corrected chi connectivity index (χ4v) is 4.12. The molecule has 0 saturated carbocycles. The number of nitrogens with one attached hydrogen (secondary N) is 2. The van der Waals surface area contributed by atoms with E-state index in [4.69, 9.17) is 0 Å². The van der Waals surface area contributed by atoms with Gasteiger partial charge in [0.15, 0.2) is 5.82 Å². The summed E-state index contributed by atoms with van der Waals surface area (Å²) in [5.74, 6) is -0.450. The van der Waals surface area contributed by atoms with Crippen LogP contribution in [0, 0.1) is 12.7 Å². The van der Waals surface area contributed by atoms with Crippen LogP contribution in [0.25, 0.3) is 16.6 Å². The third-order valence-electron chi connectivity index (χ3n) is 5.71. The number of imidazole rings is 1. The number of H-pyrrole nitrogens is 1. The molecule has 1 atom stereocenters. The molecule has 0 aliphatic carbocycles. The predicted octanol–water partition coefficient (Wildman–Crippen LogP) is 3.68. The van der Waals surface area contributed by atoms with Gasteiger partial charge in [-0.1, -0.05) is 0 Å². The lowest BCUT2D eigenvalue weighted by molar-refractivity contribution is 0.102. The van der Waals surface area contributed by atoms with Gasteiger partial charge in [0.05, 0.1) is 34.7 Å². The highest BCUT2D eigenvalue weighted by Gasteiger charge is 2.24. The Bertz CT molecular complexity index is 1240. The summed E-state index contributed by atoms with van der Waals surface area (Å²) in [6.45, 7) is 2.86. The van der Waals surface area contributed by atoms with Crippen molar-refractivity contribution in [2.24, 2.45) is 0 Å². The Morgan fingerprint density at radius 1 is 1.31 bits per heavy atom. The van der Waals surface area contributed by atoms with Crippen LogP contribution in [0.15, 0.2) is 36.8 Å². The Hall–Kier alpha value is -3.26. The second-order valence-electron chi connectivity index (χ2n) is 7.58. The molecule has 0 spiro atoms. The van der Waals surface area contributed by atoms with Crippen molar-refractivity contribution in [1.29, 1.82) is 0 Å². The van der Waals surface area contributed by atoms with Gasteiger partial charge in [-0.2, -0.15) is 0 Å². The zero-order valence-corrected chi connectivity index (χ0v) is 16.2. The van der Waals surface area contributed by atoms with Crippen molar-refractivity contribution in [3.05, 3.63) is 59.7 Å². The molecule has 2 N–H and O–H groups in total. The number of pyridine rings is 2. The van der Waals surface area contributed by atoms with Crippen LogP contribution in [0.4, 0.5) is 10.1 Å². The predicted molar refractivity (Wildman–Crippen MR) is 109 cm³/mol. The minimum Gasteiger partial charge on any atom is -0.356 e. The maximum absolute atomic E-state index is 14.8. The zero-order chi connectivity index (χ0) is 20.1. The van der Waals surface area contributed by atoms with Crippen molar-refractivity contribution in [1.82, 2.24) is 24.3 Å².